The molecule has 0 N–H and O–H groups in total. The lowest BCUT2D eigenvalue weighted by molar-refractivity contribution is 0.00578. The average molecular weight is 333 g/mol. The predicted molar refractivity (Wildman–Crippen MR) is 89.5 cm³/mol. The maximum atomic E-state index is 11.8. The molecule has 6 nitrogen and oxygen atoms in total. The lowest BCUT2D eigenvalue weighted by atomic mass is 9.79. The Morgan fingerprint density at radius 3 is 2.46 bits per heavy atom. The maximum Gasteiger partial charge on any atom is 0.500 e. The van der Waals surface area contributed by atoms with Gasteiger partial charge < -0.3 is 18.8 Å². The van der Waals surface area contributed by atoms with Crippen LogP contribution in [0.2, 0.25) is 0 Å². The molecule has 1 aliphatic heterocycles. The van der Waals surface area contributed by atoms with Gasteiger partial charge in [-0.2, -0.15) is 0 Å². The molecule has 0 unspecified atom stereocenters. The molecule has 0 radical (unpaired) electrons. The van der Waals surface area contributed by atoms with Crippen LogP contribution in [0.3, 0.4) is 0 Å². The Hall–Kier alpha value is -1.60. The van der Waals surface area contributed by atoms with Crippen LogP contribution in [0.25, 0.3) is 0 Å². The molecule has 1 aromatic heterocycles. The highest BCUT2D eigenvalue weighted by molar-refractivity contribution is 6.63. The molecule has 130 valence electrons. The van der Waals surface area contributed by atoms with E-state index in [1.165, 1.54) is 26.1 Å². The van der Waals surface area contributed by atoms with Crippen LogP contribution >= 0.6 is 0 Å². The van der Waals surface area contributed by atoms with Gasteiger partial charge in [-0.3, -0.25) is 0 Å². The van der Waals surface area contributed by atoms with Crippen LogP contribution in [0.15, 0.2) is 12.3 Å². The summed E-state index contributed by atoms with van der Waals surface area (Å²) in [6, 6.07) is 1.68. The van der Waals surface area contributed by atoms with Gasteiger partial charge in [0.1, 0.15) is 0 Å². The van der Waals surface area contributed by atoms with Crippen molar-refractivity contribution in [2.75, 3.05) is 13.7 Å². The molecule has 0 amide bonds. The number of hydrogen-bond acceptors (Lipinski definition) is 6. The summed E-state index contributed by atoms with van der Waals surface area (Å²) >= 11 is 0. The summed E-state index contributed by atoms with van der Waals surface area (Å²) in [6.07, 6.45) is 3.83. The van der Waals surface area contributed by atoms with Gasteiger partial charge in [-0.05, 0) is 52.5 Å². The molecule has 7 heteroatoms. The molecular formula is C17H24BNO5. The van der Waals surface area contributed by atoms with E-state index in [9.17, 15) is 4.79 Å². The van der Waals surface area contributed by atoms with Gasteiger partial charge in [0.2, 0.25) is 5.88 Å². The summed E-state index contributed by atoms with van der Waals surface area (Å²) in [5, 5.41) is 0. The number of carbonyl (C=O) groups is 1. The van der Waals surface area contributed by atoms with E-state index in [2.05, 4.69) is 4.98 Å². The number of carbonyl (C=O) groups excluding carboxylic acids is 1. The van der Waals surface area contributed by atoms with Gasteiger partial charge in [0, 0.05) is 11.7 Å². The quantitative estimate of drug-likeness (QED) is 0.606. The fourth-order valence-electron chi connectivity index (χ4n) is 2.44. The number of pyridine rings is 1. The summed E-state index contributed by atoms with van der Waals surface area (Å²) in [5.41, 5.74) is 0.0116. The van der Waals surface area contributed by atoms with Gasteiger partial charge >= 0.3 is 13.1 Å². The molecule has 3 rings (SSSR count). The van der Waals surface area contributed by atoms with Crippen molar-refractivity contribution in [3.8, 4) is 5.88 Å². The van der Waals surface area contributed by atoms with E-state index in [0.29, 0.717) is 29.4 Å². The smallest absolute Gasteiger partial charge is 0.478 e. The molecule has 2 aliphatic rings. The van der Waals surface area contributed by atoms with Crippen molar-refractivity contribution in [2.24, 2.45) is 5.92 Å². The molecular weight excluding hydrogens is 309 g/mol. The van der Waals surface area contributed by atoms with Crippen molar-refractivity contribution in [1.82, 2.24) is 4.98 Å². The zero-order chi connectivity index (χ0) is 17.5. The number of rotatable bonds is 5. The Morgan fingerprint density at radius 1 is 1.29 bits per heavy atom. The average Bonchev–Trinajstić information content (AvgIpc) is 3.31. The minimum atomic E-state index is -0.638. The van der Waals surface area contributed by atoms with Crippen molar-refractivity contribution in [2.45, 2.75) is 51.7 Å². The van der Waals surface area contributed by atoms with Crippen molar-refractivity contribution in [3.63, 3.8) is 0 Å². The van der Waals surface area contributed by atoms with Crippen LogP contribution in [-0.2, 0) is 14.0 Å². The molecule has 1 aliphatic carbocycles. The Labute approximate surface area is 143 Å². The second-order valence-corrected chi connectivity index (χ2v) is 7.45. The summed E-state index contributed by atoms with van der Waals surface area (Å²) in [6.45, 7) is 8.55. The summed E-state index contributed by atoms with van der Waals surface area (Å²) in [4.78, 5) is 16.1. The SMILES string of the molecule is COC(=O)c1cnc(OCC2CC2)c(B2OC(C)(C)C(C)(C)O2)c1. The number of aromatic nitrogens is 1. The second-order valence-electron chi connectivity index (χ2n) is 7.45. The Bertz CT molecular complexity index is 626. The van der Waals surface area contributed by atoms with Crippen molar-refractivity contribution >= 4 is 18.6 Å². The molecule has 0 bridgehead atoms. The number of methoxy groups -OCH3 is 1. The van der Waals surface area contributed by atoms with E-state index in [0.717, 1.165) is 0 Å². The Kier molecular flexibility index (Phi) is 4.34. The molecule has 1 saturated heterocycles. The second kappa shape index (κ2) is 6.04. The first-order valence-electron chi connectivity index (χ1n) is 8.30. The summed E-state index contributed by atoms with van der Waals surface area (Å²) < 4.78 is 22.8. The standard InChI is InChI=1S/C17H24BNO5/c1-16(2)17(3,4)24-18(23-16)13-8-12(15(20)21-5)9-19-14(13)22-10-11-6-7-11/h8-9,11H,6-7,10H2,1-5H3. The van der Waals surface area contributed by atoms with E-state index < -0.39 is 24.3 Å². The van der Waals surface area contributed by atoms with Crippen molar-refractivity contribution in [3.05, 3.63) is 17.8 Å². The predicted octanol–water partition coefficient (Wildman–Crippen LogP) is 1.96. The number of ether oxygens (including phenoxy) is 2. The zero-order valence-electron chi connectivity index (χ0n) is 14.9. The topological polar surface area (TPSA) is 66.9 Å². The van der Waals surface area contributed by atoms with Crippen LogP contribution in [-0.4, -0.2) is 43.0 Å². The van der Waals surface area contributed by atoms with Gasteiger partial charge in [0.15, 0.2) is 0 Å². The summed E-state index contributed by atoms with van der Waals surface area (Å²) in [7, 11) is 0.704. The molecule has 24 heavy (non-hydrogen) atoms. The highest BCUT2D eigenvalue weighted by atomic mass is 16.7. The first-order valence-corrected chi connectivity index (χ1v) is 8.30. The first kappa shape index (κ1) is 17.2. The van der Waals surface area contributed by atoms with E-state index in [-0.39, 0.29) is 0 Å². The third-order valence-corrected chi connectivity index (χ3v) is 4.96. The third kappa shape index (κ3) is 3.28. The fraction of sp³-hybridized carbons (Fsp3) is 0.647. The minimum absolute atomic E-state index is 0.348. The van der Waals surface area contributed by atoms with Gasteiger partial charge in [-0.25, -0.2) is 9.78 Å². The largest absolute Gasteiger partial charge is 0.500 e. The zero-order valence-corrected chi connectivity index (χ0v) is 14.9. The van der Waals surface area contributed by atoms with E-state index in [1.807, 2.05) is 27.7 Å². The van der Waals surface area contributed by atoms with Gasteiger partial charge in [0.05, 0.1) is 30.5 Å². The van der Waals surface area contributed by atoms with Gasteiger partial charge in [0.25, 0.3) is 0 Å². The van der Waals surface area contributed by atoms with Crippen molar-refractivity contribution in [1.29, 1.82) is 0 Å². The fourth-order valence-corrected chi connectivity index (χ4v) is 2.44. The van der Waals surface area contributed by atoms with Gasteiger partial charge in [-0.1, -0.05) is 0 Å². The molecule has 0 spiro atoms. The normalized spacial score (nSPS) is 21.6. The monoisotopic (exact) mass is 333 g/mol. The lowest BCUT2D eigenvalue weighted by Gasteiger charge is -2.32. The van der Waals surface area contributed by atoms with E-state index in [1.54, 1.807) is 6.07 Å². The lowest BCUT2D eigenvalue weighted by Crippen LogP contribution is -2.41. The Morgan fingerprint density at radius 2 is 1.92 bits per heavy atom. The van der Waals surface area contributed by atoms with Crippen LogP contribution in [0, 0.1) is 5.92 Å². The third-order valence-electron chi connectivity index (χ3n) is 4.96. The van der Waals surface area contributed by atoms with Crippen molar-refractivity contribution < 1.29 is 23.6 Å². The molecule has 0 aromatic carbocycles. The van der Waals surface area contributed by atoms with Crippen LogP contribution in [0.4, 0.5) is 0 Å². The number of nitrogens with zero attached hydrogens (tertiary/aromatic N) is 1. The molecule has 1 saturated carbocycles. The van der Waals surface area contributed by atoms with Gasteiger partial charge in [-0.15, -0.1) is 0 Å². The van der Waals surface area contributed by atoms with E-state index in [4.69, 9.17) is 18.8 Å². The molecule has 1 aromatic rings. The van der Waals surface area contributed by atoms with Crippen LogP contribution in [0.5, 0.6) is 5.88 Å². The number of hydrogen-bond donors (Lipinski definition) is 0. The first-order chi connectivity index (χ1) is 11.2. The van der Waals surface area contributed by atoms with Crippen LogP contribution < -0.4 is 10.2 Å². The highest BCUT2D eigenvalue weighted by Crippen LogP contribution is 2.37. The number of esters is 1. The molecule has 2 fully saturated rings. The molecule has 2 heterocycles. The highest BCUT2D eigenvalue weighted by Gasteiger charge is 2.53. The maximum absolute atomic E-state index is 11.8. The summed E-state index contributed by atoms with van der Waals surface area (Å²) in [5.74, 6) is 0.597. The molecule has 0 atom stereocenters. The minimum Gasteiger partial charge on any atom is -0.478 e. The Balaban J connectivity index is 1.91. The van der Waals surface area contributed by atoms with Crippen LogP contribution in [0.1, 0.15) is 50.9 Å². The van der Waals surface area contributed by atoms with E-state index >= 15 is 0 Å².